The van der Waals surface area contributed by atoms with Gasteiger partial charge >= 0.3 is 0 Å². The van der Waals surface area contributed by atoms with Crippen LogP contribution in [0.2, 0.25) is 0 Å². The highest BCUT2D eigenvalue weighted by molar-refractivity contribution is 5.77. The van der Waals surface area contributed by atoms with E-state index in [1.54, 1.807) is 0 Å². The van der Waals surface area contributed by atoms with Crippen LogP contribution in [0.3, 0.4) is 0 Å². The number of amides is 1. The van der Waals surface area contributed by atoms with Crippen molar-refractivity contribution in [2.24, 2.45) is 17.6 Å². The van der Waals surface area contributed by atoms with Gasteiger partial charge in [0.25, 0.3) is 0 Å². The zero-order valence-electron chi connectivity index (χ0n) is 11.2. The first-order chi connectivity index (χ1) is 7.98. The number of hydrogen-bond acceptors (Lipinski definition) is 2. The minimum atomic E-state index is -0.185. The van der Waals surface area contributed by atoms with E-state index >= 15 is 0 Å². The number of rotatable bonds is 3. The summed E-state index contributed by atoms with van der Waals surface area (Å²) < 4.78 is 0. The number of carbonyl (C=O) groups excluding carboxylic acids is 1. The van der Waals surface area contributed by atoms with E-state index < -0.39 is 0 Å². The molecule has 17 heavy (non-hydrogen) atoms. The van der Waals surface area contributed by atoms with Gasteiger partial charge in [0.1, 0.15) is 0 Å². The molecule has 2 aliphatic carbocycles. The first kappa shape index (κ1) is 12.9. The molecule has 0 aliphatic heterocycles. The van der Waals surface area contributed by atoms with Crippen molar-refractivity contribution in [3.63, 3.8) is 0 Å². The lowest BCUT2D eigenvalue weighted by atomic mass is 9.75. The van der Waals surface area contributed by atoms with Crippen molar-refractivity contribution in [2.45, 2.75) is 70.4 Å². The van der Waals surface area contributed by atoms with E-state index in [2.05, 4.69) is 19.2 Å². The van der Waals surface area contributed by atoms with Crippen LogP contribution >= 0.6 is 0 Å². The summed E-state index contributed by atoms with van der Waals surface area (Å²) in [6.45, 7) is 4.56. The van der Waals surface area contributed by atoms with Gasteiger partial charge in [0.05, 0.1) is 0 Å². The molecular weight excluding hydrogens is 212 g/mol. The number of hydrogen-bond donors (Lipinski definition) is 2. The van der Waals surface area contributed by atoms with E-state index in [-0.39, 0.29) is 11.4 Å². The monoisotopic (exact) mass is 238 g/mol. The van der Waals surface area contributed by atoms with Crippen LogP contribution in [-0.2, 0) is 4.79 Å². The summed E-state index contributed by atoms with van der Waals surface area (Å²) in [4.78, 5) is 12.0. The highest BCUT2D eigenvalue weighted by Gasteiger charge is 2.35. The van der Waals surface area contributed by atoms with Gasteiger partial charge in [-0.05, 0) is 50.4 Å². The van der Waals surface area contributed by atoms with E-state index in [0.29, 0.717) is 18.4 Å². The van der Waals surface area contributed by atoms with Gasteiger partial charge in [0.2, 0.25) is 5.91 Å². The molecule has 3 N–H and O–H groups in total. The molecule has 2 saturated carbocycles. The normalized spacial score (nSPS) is 36.1. The zero-order valence-corrected chi connectivity index (χ0v) is 11.2. The molecule has 2 fully saturated rings. The summed E-state index contributed by atoms with van der Waals surface area (Å²) in [7, 11) is 0. The lowest BCUT2D eigenvalue weighted by Gasteiger charge is -2.39. The molecule has 0 spiro atoms. The zero-order chi connectivity index (χ0) is 12.5. The summed E-state index contributed by atoms with van der Waals surface area (Å²) in [6, 6.07) is 0.377. The Morgan fingerprint density at radius 1 is 1.35 bits per heavy atom. The molecule has 3 atom stereocenters. The molecule has 3 heteroatoms. The van der Waals surface area contributed by atoms with Crippen molar-refractivity contribution in [1.82, 2.24) is 5.32 Å². The van der Waals surface area contributed by atoms with Crippen molar-refractivity contribution in [1.29, 1.82) is 0 Å². The molecule has 1 amide bonds. The van der Waals surface area contributed by atoms with Gasteiger partial charge in [-0.25, -0.2) is 0 Å². The third-order valence-electron chi connectivity index (χ3n) is 4.64. The summed E-state index contributed by atoms with van der Waals surface area (Å²) in [5.41, 5.74) is 5.92. The van der Waals surface area contributed by atoms with E-state index in [9.17, 15) is 4.79 Å². The van der Waals surface area contributed by atoms with E-state index in [4.69, 9.17) is 5.73 Å². The van der Waals surface area contributed by atoms with Crippen LogP contribution in [0.1, 0.15) is 58.8 Å². The molecule has 0 bridgehead atoms. The lowest BCUT2D eigenvalue weighted by molar-refractivity contribution is -0.124. The fourth-order valence-corrected chi connectivity index (χ4v) is 3.27. The minimum absolute atomic E-state index is 0.165. The number of nitrogens with two attached hydrogens (primary N) is 1. The smallest absolute Gasteiger partial charge is 0.222 e. The predicted octanol–water partition coefficient (Wildman–Crippen LogP) is 2.20. The Kier molecular flexibility index (Phi) is 3.76. The quantitative estimate of drug-likeness (QED) is 0.792. The lowest BCUT2D eigenvalue weighted by Crippen LogP contribution is -2.52. The Morgan fingerprint density at radius 3 is 2.59 bits per heavy atom. The first-order valence-corrected chi connectivity index (χ1v) is 7.07. The SMILES string of the molecule is CC1CCC(NC(=O)CC2(N)CCC2)C(C)C1. The Hall–Kier alpha value is -0.570. The maximum atomic E-state index is 12.0. The Morgan fingerprint density at radius 2 is 2.06 bits per heavy atom. The van der Waals surface area contributed by atoms with Gasteiger partial charge in [-0.1, -0.05) is 13.8 Å². The second-order valence-electron chi connectivity index (χ2n) is 6.46. The number of nitrogens with one attached hydrogen (secondary N) is 1. The maximum Gasteiger partial charge on any atom is 0.222 e. The number of carbonyl (C=O) groups is 1. The Labute approximate surface area is 105 Å². The summed E-state index contributed by atoms with van der Waals surface area (Å²) >= 11 is 0. The van der Waals surface area contributed by atoms with Crippen LogP contribution in [0.5, 0.6) is 0 Å². The van der Waals surface area contributed by atoms with Crippen molar-refractivity contribution in [2.75, 3.05) is 0 Å². The molecule has 3 nitrogen and oxygen atoms in total. The van der Waals surface area contributed by atoms with E-state index in [1.807, 2.05) is 0 Å². The van der Waals surface area contributed by atoms with Crippen LogP contribution in [-0.4, -0.2) is 17.5 Å². The second kappa shape index (κ2) is 4.97. The Bertz CT molecular complexity index is 286. The maximum absolute atomic E-state index is 12.0. The van der Waals surface area contributed by atoms with Gasteiger partial charge in [0.15, 0.2) is 0 Å². The predicted molar refractivity (Wildman–Crippen MR) is 69.5 cm³/mol. The van der Waals surface area contributed by atoms with Gasteiger partial charge in [0, 0.05) is 18.0 Å². The Balaban J connectivity index is 1.78. The third kappa shape index (κ3) is 3.21. The molecule has 0 aromatic rings. The molecule has 0 heterocycles. The highest BCUT2D eigenvalue weighted by Crippen LogP contribution is 2.33. The second-order valence-corrected chi connectivity index (χ2v) is 6.46. The van der Waals surface area contributed by atoms with Crippen LogP contribution in [0.4, 0.5) is 0 Å². The van der Waals surface area contributed by atoms with Gasteiger partial charge in [-0.3, -0.25) is 4.79 Å². The van der Waals surface area contributed by atoms with Crippen LogP contribution in [0.15, 0.2) is 0 Å². The van der Waals surface area contributed by atoms with Gasteiger partial charge < -0.3 is 11.1 Å². The van der Waals surface area contributed by atoms with Crippen LogP contribution < -0.4 is 11.1 Å². The summed E-state index contributed by atoms with van der Waals surface area (Å²) in [5.74, 6) is 1.59. The first-order valence-electron chi connectivity index (χ1n) is 7.07. The molecule has 0 saturated heterocycles. The standard InChI is InChI=1S/C14H26N2O/c1-10-4-5-12(11(2)8-10)16-13(17)9-14(15)6-3-7-14/h10-12H,3-9,15H2,1-2H3,(H,16,17). The molecular formula is C14H26N2O. The van der Waals surface area contributed by atoms with E-state index in [0.717, 1.165) is 25.2 Å². The average Bonchev–Trinajstić information content (AvgIpc) is 2.20. The summed E-state index contributed by atoms with van der Waals surface area (Å²) in [6.07, 6.45) is 7.33. The van der Waals surface area contributed by atoms with Gasteiger partial charge in [-0.15, -0.1) is 0 Å². The summed E-state index contributed by atoms with van der Waals surface area (Å²) in [5, 5.41) is 3.19. The fraction of sp³-hybridized carbons (Fsp3) is 0.929. The molecule has 0 aromatic carbocycles. The fourth-order valence-electron chi connectivity index (χ4n) is 3.27. The van der Waals surface area contributed by atoms with Crippen molar-refractivity contribution >= 4 is 5.91 Å². The van der Waals surface area contributed by atoms with Gasteiger partial charge in [-0.2, -0.15) is 0 Å². The molecule has 0 aromatic heterocycles. The van der Waals surface area contributed by atoms with Crippen LogP contribution in [0, 0.1) is 11.8 Å². The van der Waals surface area contributed by atoms with Crippen molar-refractivity contribution in [3.05, 3.63) is 0 Å². The molecule has 0 radical (unpaired) electrons. The molecule has 3 unspecified atom stereocenters. The van der Waals surface area contributed by atoms with Crippen molar-refractivity contribution < 1.29 is 4.79 Å². The third-order valence-corrected chi connectivity index (χ3v) is 4.64. The van der Waals surface area contributed by atoms with Crippen LogP contribution in [0.25, 0.3) is 0 Å². The molecule has 2 rings (SSSR count). The van der Waals surface area contributed by atoms with Crippen molar-refractivity contribution in [3.8, 4) is 0 Å². The minimum Gasteiger partial charge on any atom is -0.353 e. The largest absolute Gasteiger partial charge is 0.353 e. The average molecular weight is 238 g/mol. The highest BCUT2D eigenvalue weighted by atomic mass is 16.1. The molecule has 2 aliphatic rings. The topological polar surface area (TPSA) is 55.1 Å². The van der Waals surface area contributed by atoms with E-state index in [1.165, 1.54) is 19.3 Å². The molecule has 98 valence electrons.